The largest absolute Gasteiger partial charge is 0.377 e. The standard InChI is InChI=1S/C12H20N2O2/c15-12(14-4-1-2-5-14)9-7-11-10(13-8-9)3-6-16-11/h9-11,13H,1-8H2/t9-,10+,11+/m0/s1. The maximum Gasteiger partial charge on any atom is 0.227 e. The molecule has 0 aromatic carbocycles. The lowest BCUT2D eigenvalue weighted by Gasteiger charge is -2.33. The van der Waals surface area contributed by atoms with Crippen LogP contribution in [-0.2, 0) is 9.53 Å². The van der Waals surface area contributed by atoms with Crippen LogP contribution in [0, 0.1) is 5.92 Å². The van der Waals surface area contributed by atoms with E-state index in [4.69, 9.17) is 4.74 Å². The summed E-state index contributed by atoms with van der Waals surface area (Å²) in [7, 11) is 0. The van der Waals surface area contributed by atoms with E-state index in [0.717, 1.165) is 39.1 Å². The normalized spacial score (nSPS) is 38.8. The Kier molecular flexibility index (Phi) is 2.86. The molecule has 0 bridgehead atoms. The Balaban J connectivity index is 1.60. The molecule has 0 spiro atoms. The van der Waals surface area contributed by atoms with Gasteiger partial charge >= 0.3 is 0 Å². The molecular formula is C12H20N2O2. The summed E-state index contributed by atoms with van der Waals surface area (Å²) >= 11 is 0. The van der Waals surface area contributed by atoms with Gasteiger partial charge in [-0.25, -0.2) is 0 Å². The van der Waals surface area contributed by atoms with Crippen LogP contribution in [0.5, 0.6) is 0 Å². The summed E-state index contributed by atoms with van der Waals surface area (Å²) in [4.78, 5) is 14.2. The van der Waals surface area contributed by atoms with Gasteiger partial charge < -0.3 is 15.0 Å². The van der Waals surface area contributed by atoms with Crippen molar-refractivity contribution in [1.82, 2.24) is 10.2 Å². The molecule has 0 radical (unpaired) electrons. The zero-order valence-corrected chi connectivity index (χ0v) is 9.65. The average molecular weight is 224 g/mol. The first kappa shape index (κ1) is 10.5. The van der Waals surface area contributed by atoms with Crippen molar-refractivity contribution in [1.29, 1.82) is 0 Å². The van der Waals surface area contributed by atoms with Crippen molar-refractivity contribution in [3.63, 3.8) is 0 Å². The summed E-state index contributed by atoms with van der Waals surface area (Å²) in [5, 5.41) is 3.46. The monoisotopic (exact) mass is 224 g/mol. The zero-order chi connectivity index (χ0) is 11.0. The molecule has 3 rings (SSSR count). The van der Waals surface area contributed by atoms with Crippen LogP contribution in [0.3, 0.4) is 0 Å². The van der Waals surface area contributed by atoms with Crippen LogP contribution in [0.4, 0.5) is 0 Å². The molecule has 3 saturated heterocycles. The predicted molar refractivity (Wildman–Crippen MR) is 60.1 cm³/mol. The van der Waals surface area contributed by atoms with E-state index < -0.39 is 0 Å². The van der Waals surface area contributed by atoms with Gasteiger partial charge in [-0.3, -0.25) is 4.79 Å². The third-order valence-electron chi connectivity index (χ3n) is 4.12. The number of nitrogens with one attached hydrogen (secondary N) is 1. The highest BCUT2D eigenvalue weighted by atomic mass is 16.5. The Morgan fingerprint density at radius 1 is 1.31 bits per heavy atom. The van der Waals surface area contributed by atoms with Crippen LogP contribution in [0.1, 0.15) is 25.7 Å². The quantitative estimate of drug-likeness (QED) is 0.700. The van der Waals surface area contributed by atoms with Crippen LogP contribution < -0.4 is 5.32 Å². The van der Waals surface area contributed by atoms with E-state index in [0.29, 0.717) is 11.9 Å². The first-order valence-corrected chi connectivity index (χ1v) is 6.48. The van der Waals surface area contributed by atoms with Crippen LogP contribution in [0.25, 0.3) is 0 Å². The number of hydrogen-bond acceptors (Lipinski definition) is 3. The van der Waals surface area contributed by atoms with Crippen molar-refractivity contribution in [2.75, 3.05) is 26.2 Å². The molecule has 0 saturated carbocycles. The molecule has 0 aromatic rings. The van der Waals surface area contributed by atoms with E-state index in [-0.39, 0.29) is 12.0 Å². The highest BCUT2D eigenvalue weighted by Gasteiger charge is 2.38. The van der Waals surface area contributed by atoms with Crippen LogP contribution in [0.2, 0.25) is 0 Å². The average Bonchev–Trinajstić information content (AvgIpc) is 2.98. The number of fused-ring (bicyclic) bond motifs is 1. The highest BCUT2D eigenvalue weighted by Crippen LogP contribution is 2.26. The second-order valence-electron chi connectivity index (χ2n) is 5.18. The molecule has 3 fully saturated rings. The smallest absolute Gasteiger partial charge is 0.227 e. The fourth-order valence-corrected chi connectivity index (χ4v) is 3.16. The van der Waals surface area contributed by atoms with Crippen LogP contribution in [0.15, 0.2) is 0 Å². The van der Waals surface area contributed by atoms with Crippen molar-refractivity contribution in [2.45, 2.75) is 37.8 Å². The number of carbonyl (C=O) groups excluding carboxylic acids is 1. The first-order chi connectivity index (χ1) is 7.84. The maximum absolute atomic E-state index is 12.2. The van der Waals surface area contributed by atoms with Crippen molar-refractivity contribution >= 4 is 5.91 Å². The summed E-state index contributed by atoms with van der Waals surface area (Å²) in [5.41, 5.74) is 0. The lowest BCUT2D eigenvalue weighted by molar-refractivity contribution is -0.136. The molecule has 0 aromatic heterocycles. The van der Waals surface area contributed by atoms with Crippen molar-refractivity contribution in [3.05, 3.63) is 0 Å². The molecule has 16 heavy (non-hydrogen) atoms. The topological polar surface area (TPSA) is 41.6 Å². The number of likely N-dealkylation sites (tertiary alicyclic amines) is 1. The Morgan fingerprint density at radius 3 is 2.94 bits per heavy atom. The van der Waals surface area contributed by atoms with Gasteiger partial charge in [0.2, 0.25) is 5.91 Å². The zero-order valence-electron chi connectivity index (χ0n) is 9.65. The van der Waals surface area contributed by atoms with Crippen molar-refractivity contribution in [2.24, 2.45) is 5.92 Å². The predicted octanol–water partition coefficient (Wildman–Crippen LogP) is 0.376. The van der Waals surface area contributed by atoms with Crippen molar-refractivity contribution in [3.8, 4) is 0 Å². The highest BCUT2D eigenvalue weighted by molar-refractivity contribution is 5.79. The molecule has 4 heteroatoms. The van der Waals surface area contributed by atoms with Gasteiger partial charge in [0.15, 0.2) is 0 Å². The van der Waals surface area contributed by atoms with E-state index in [1.165, 1.54) is 12.8 Å². The van der Waals surface area contributed by atoms with Gasteiger partial charge in [-0.15, -0.1) is 0 Å². The molecule has 3 aliphatic rings. The molecular weight excluding hydrogens is 204 g/mol. The number of amides is 1. The number of carbonyl (C=O) groups is 1. The molecule has 3 heterocycles. The second-order valence-corrected chi connectivity index (χ2v) is 5.18. The minimum Gasteiger partial charge on any atom is -0.377 e. The molecule has 1 N–H and O–H groups in total. The number of piperidine rings is 1. The summed E-state index contributed by atoms with van der Waals surface area (Å²) in [6, 6.07) is 0.502. The van der Waals surface area contributed by atoms with E-state index in [1.807, 2.05) is 4.90 Å². The molecule has 0 unspecified atom stereocenters. The molecule has 90 valence electrons. The van der Waals surface area contributed by atoms with Crippen LogP contribution in [-0.4, -0.2) is 49.2 Å². The van der Waals surface area contributed by atoms with Gasteiger partial charge in [0.1, 0.15) is 0 Å². The second kappa shape index (κ2) is 4.34. The van der Waals surface area contributed by atoms with Crippen molar-refractivity contribution < 1.29 is 9.53 Å². The lowest BCUT2D eigenvalue weighted by Crippen LogP contribution is -2.50. The van der Waals surface area contributed by atoms with Gasteiger partial charge in [-0.05, 0) is 25.7 Å². The van der Waals surface area contributed by atoms with E-state index in [1.54, 1.807) is 0 Å². The van der Waals surface area contributed by atoms with Gasteiger partial charge in [0, 0.05) is 32.3 Å². The molecule has 4 nitrogen and oxygen atoms in total. The third kappa shape index (κ3) is 1.84. The van der Waals surface area contributed by atoms with E-state index in [9.17, 15) is 4.79 Å². The van der Waals surface area contributed by atoms with E-state index in [2.05, 4.69) is 5.32 Å². The van der Waals surface area contributed by atoms with E-state index >= 15 is 0 Å². The number of nitrogens with zero attached hydrogens (tertiary/aromatic N) is 1. The molecule has 3 atom stereocenters. The van der Waals surface area contributed by atoms with Gasteiger partial charge in [-0.1, -0.05) is 0 Å². The summed E-state index contributed by atoms with van der Waals surface area (Å²) in [5.74, 6) is 0.497. The van der Waals surface area contributed by atoms with Gasteiger partial charge in [-0.2, -0.15) is 0 Å². The lowest BCUT2D eigenvalue weighted by atomic mass is 9.91. The number of rotatable bonds is 1. The van der Waals surface area contributed by atoms with Gasteiger partial charge in [0.25, 0.3) is 0 Å². The van der Waals surface area contributed by atoms with Crippen LogP contribution >= 0.6 is 0 Å². The number of ether oxygens (including phenoxy) is 1. The molecule has 3 aliphatic heterocycles. The molecule has 0 aliphatic carbocycles. The fraction of sp³-hybridized carbons (Fsp3) is 0.917. The SMILES string of the molecule is O=C([C@@H]1CN[C@@H]2CCO[C@@H]2C1)N1CCCC1. The minimum atomic E-state index is 0.150. The fourth-order valence-electron chi connectivity index (χ4n) is 3.16. The Bertz CT molecular complexity index is 276. The Hall–Kier alpha value is -0.610. The Labute approximate surface area is 96.3 Å². The summed E-state index contributed by atoms with van der Waals surface area (Å²) in [6.07, 6.45) is 4.66. The maximum atomic E-state index is 12.2. The molecule has 1 amide bonds. The summed E-state index contributed by atoms with van der Waals surface area (Å²) < 4.78 is 5.67. The minimum absolute atomic E-state index is 0.150. The number of hydrogen-bond donors (Lipinski definition) is 1. The Morgan fingerprint density at radius 2 is 2.12 bits per heavy atom. The third-order valence-corrected chi connectivity index (χ3v) is 4.12. The first-order valence-electron chi connectivity index (χ1n) is 6.48. The van der Waals surface area contributed by atoms with Gasteiger partial charge in [0.05, 0.1) is 12.0 Å². The summed E-state index contributed by atoms with van der Waals surface area (Å²) in [6.45, 7) is 3.63.